The first-order valence-electron chi connectivity index (χ1n) is 6.08. The molecule has 0 atom stereocenters. The third kappa shape index (κ3) is 2.31. The van der Waals surface area contributed by atoms with Crippen molar-refractivity contribution in [3.05, 3.63) is 30.0 Å². The summed E-state index contributed by atoms with van der Waals surface area (Å²) in [4.78, 5) is 18.1. The van der Waals surface area contributed by atoms with Gasteiger partial charge in [-0.1, -0.05) is 12.1 Å². The molecule has 19 heavy (non-hydrogen) atoms. The van der Waals surface area contributed by atoms with E-state index in [1.807, 2.05) is 31.1 Å². The summed E-state index contributed by atoms with van der Waals surface area (Å²) in [6.07, 6.45) is 1.52. The van der Waals surface area contributed by atoms with Crippen LogP contribution < -0.4 is 10.6 Å². The molecule has 1 aromatic carbocycles. The van der Waals surface area contributed by atoms with Crippen molar-refractivity contribution in [1.29, 1.82) is 0 Å². The standard InChI is InChI=1S/C14H17N3O2/c1-4-19-14(18)10-8-16-12-9(13(10)17(2)3)6-5-7-11(12)15/h5-8H,4,15H2,1-3H3. The summed E-state index contributed by atoms with van der Waals surface area (Å²) < 4.78 is 5.06. The number of fused-ring (bicyclic) bond motifs is 1. The van der Waals surface area contributed by atoms with E-state index in [1.54, 1.807) is 13.0 Å². The Morgan fingerprint density at radius 3 is 2.79 bits per heavy atom. The van der Waals surface area contributed by atoms with E-state index in [2.05, 4.69) is 4.98 Å². The van der Waals surface area contributed by atoms with Gasteiger partial charge in [-0.25, -0.2) is 4.79 Å². The van der Waals surface area contributed by atoms with Crippen molar-refractivity contribution in [1.82, 2.24) is 4.98 Å². The average molecular weight is 259 g/mol. The van der Waals surface area contributed by atoms with Crippen molar-refractivity contribution in [2.45, 2.75) is 6.92 Å². The van der Waals surface area contributed by atoms with Crippen LogP contribution in [0.5, 0.6) is 0 Å². The first kappa shape index (κ1) is 13.1. The van der Waals surface area contributed by atoms with Crippen molar-refractivity contribution >= 4 is 28.2 Å². The molecule has 1 heterocycles. The van der Waals surface area contributed by atoms with Gasteiger partial charge in [-0.2, -0.15) is 0 Å². The van der Waals surface area contributed by atoms with E-state index in [1.165, 1.54) is 6.20 Å². The molecule has 5 nitrogen and oxygen atoms in total. The number of hydrogen-bond acceptors (Lipinski definition) is 5. The van der Waals surface area contributed by atoms with Crippen molar-refractivity contribution in [3.8, 4) is 0 Å². The summed E-state index contributed by atoms with van der Waals surface area (Å²) in [5.41, 5.74) is 8.42. The van der Waals surface area contributed by atoms with Crippen LogP contribution >= 0.6 is 0 Å². The highest BCUT2D eigenvalue weighted by molar-refractivity contribution is 6.07. The molecule has 0 radical (unpaired) electrons. The number of hydrogen-bond donors (Lipinski definition) is 1. The number of esters is 1. The van der Waals surface area contributed by atoms with Gasteiger partial charge in [0.25, 0.3) is 0 Å². The van der Waals surface area contributed by atoms with Gasteiger partial charge in [0.2, 0.25) is 0 Å². The minimum Gasteiger partial charge on any atom is -0.462 e. The molecule has 0 saturated carbocycles. The zero-order valence-corrected chi connectivity index (χ0v) is 11.3. The lowest BCUT2D eigenvalue weighted by Crippen LogP contribution is -2.16. The Morgan fingerprint density at radius 1 is 1.42 bits per heavy atom. The van der Waals surface area contributed by atoms with Crippen molar-refractivity contribution in [3.63, 3.8) is 0 Å². The smallest absolute Gasteiger partial charge is 0.341 e. The molecule has 100 valence electrons. The van der Waals surface area contributed by atoms with Crippen LogP contribution in [-0.2, 0) is 4.74 Å². The summed E-state index contributed by atoms with van der Waals surface area (Å²) in [5.74, 6) is -0.372. The van der Waals surface area contributed by atoms with Crippen LogP contribution in [0.2, 0.25) is 0 Å². The molecule has 5 heteroatoms. The van der Waals surface area contributed by atoms with Gasteiger partial charge in [-0.3, -0.25) is 4.98 Å². The summed E-state index contributed by atoms with van der Waals surface area (Å²) in [7, 11) is 3.75. The number of nitrogen functional groups attached to an aromatic ring is 1. The van der Waals surface area contributed by atoms with Crippen LogP contribution in [0, 0.1) is 0 Å². The van der Waals surface area contributed by atoms with E-state index in [-0.39, 0.29) is 5.97 Å². The SMILES string of the molecule is CCOC(=O)c1cnc2c(N)cccc2c1N(C)C. The Bertz CT molecular complexity index is 623. The van der Waals surface area contributed by atoms with Crippen LogP contribution in [0.3, 0.4) is 0 Å². The molecule has 2 rings (SSSR count). The Balaban J connectivity index is 2.73. The second-order valence-corrected chi connectivity index (χ2v) is 4.38. The molecule has 2 aromatic rings. The fourth-order valence-electron chi connectivity index (χ4n) is 2.07. The van der Waals surface area contributed by atoms with Crippen molar-refractivity contribution in [2.24, 2.45) is 0 Å². The zero-order chi connectivity index (χ0) is 14.0. The molecule has 2 N–H and O–H groups in total. The van der Waals surface area contributed by atoms with E-state index in [0.29, 0.717) is 23.4 Å². The van der Waals surface area contributed by atoms with E-state index in [9.17, 15) is 4.79 Å². The van der Waals surface area contributed by atoms with Gasteiger partial charge in [0.15, 0.2) is 0 Å². The lowest BCUT2D eigenvalue weighted by molar-refractivity contribution is 0.0527. The Hall–Kier alpha value is -2.30. The number of para-hydroxylation sites is 1. The summed E-state index contributed by atoms with van der Waals surface area (Å²) >= 11 is 0. The minimum atomic E-state index is -0.372. The first-order chi connectivity index (χ1) is 9.06. The van der Waals surface area contributed by atoms with Gasteiger partial charge in [0, 0.05) is 25.7 Å². The van der Waals surface area contributed by atoms with Crippen LogP contribution in [-0.4, -0.2) is 31.7 Å². The largest absolute Gasteiger partial charge is 0.462 e. The van der Waals surface area contributed by atoms with Crippen LogP contribution in [0.15, 0.2) is 24.4 Å². The normalized spacial score (nSPS) is 10.5. The number of aromatic nitrogens is 1. The lowest BCUT2D eigenvalue weighted by atomic mass is 10.1. The van der Waals surface area contributed by atoms with Gasteiger partial charge in [-0.05, 0) is 13.0 Å². The molecule has 0 aliphatic carbocycles. The quantitative estimate of drug-likeness (QED) is 0.675. The highest BCUT2D eigenvalue weighted by atomic mass is 16.5. The number of anilines is 2. The number of carbonyl (C=O) groups excluding carboxylic acids is 1. The topological polar surface area (TPSA) is 68.4 Å². The monoisotopic (exact) mass is 259 g/mol. The van der Waals surface area contributed by atoms with Crippen LogP contribution in [0.25, 0.3) is 10.9 Å². The fraction of sp³-hybridized carbons (Fsp3) is 0.286. The fourth-order valence-corrected chi connectivity index (χ4v) is 2.07. The number of nitrogens with zero attached hydrogens (tertiary/aromatic N) is 2. The van der Waals surface area contributed by atoms with Crippen molar-refractivity contribution < 1.29 is 9.53 Å². The predicted octanol–water partition coefficient (Wildman–Crippen LogP) is 2.06. The van der Waals surface area contributed by atoms with E-state index in [0.717, 1.165) is 11.1 Å². The van der Waals surface area contributed by atoms with Gasteiger partial charge >= 0.3 is 5.97 Å². The number of pyridine rings is 1. The molecule has 0 amide bonds. The van der Waals surface area contributed by atoms with Gasteiger partial charge < -0.3 is 15.4 Å². The summed E-state index contributed by atoms with van der Waals surface area (Å²) in [5, 5.41) is 0.843. The van der Waals surface area contributed by atoms with Gasteiger partial charge in [0.05, 0.1) is 23.5 Å². The molecule has 0 spiro atoms. The number of rotatable bonds is 3. The first-order valence-corrected chi connectivity index (χ1v) is 6.08. The molecular formula is C14H17N3O2. The average Bonchev–Trinajstić information content (AvgIpc) is 2.37. The summed E-state index contributed by atoms with van der Waals surface area (Å²) in [6, 6.07) is 5.54. The third-order valence-electron chi connectivity index (χ3n) is 2.84. The Labute approximate surface area is 112 Å². The second-order valence-electron chi connectivity index (χ2n) is 4.38. The van der Waals surface area contributed by atoms with Gasteiger partial charge in [0.1, 0.15) is 5.56 Å². The number of ether oxygens (including phenoxy) is 1. The second kappa shape index (κ2) is 5.14. The molecule has 1 aromatic heterocycles. The van der Waals surface area contributed by atoms with E-state index >= 15 is 0 Å². The highest BCUT2D eigenvalue weighted by Crippen LogP contribution is 2.31. The van der Waals surface area contributed by atoms with Crippen molar-refractivity contribution in [2.75, 3.05) is 31.3 Å². The molecule has 0 aliphatic heterocycles. The summed E-state index contributed by atoms with van der Waals surface area (Å²) in [6.45, 7) is 2.11. The Kier molecular flexibility index (Phi) is 3.55. The molecule has 0 saturated heterocycles. The predicted molar refractivity (Wildman–Crippen MR) is 76.4 cm³/mol. The van der Waals surface area contributed by atoms with E-state index in [4.69, 9.17) is 10.5 Å². The molecule has 0 unspecified atom stereocenters. The minimum absolute atomic E-state index is 0.334. The number of nitrogens with two attached hydrogens (primary N) is 1. The maximum atomic E-state index is 12.0. The molecular weight excluding hydrogens is 242 g/mol. The number of carbonyl (C=O) groups is 1. The van der Waals surface area contributed by atoms with Gasteiger partial charge in [-0.15, -0.1) is 0 Å². The zero-order valence-electron chi connectivity index (χ0n) is 11.3. The number of benzene rings is 1. The van der Waals surface area contributed by atoms with Crippen LogP contribution in [0.4, 0.5) is 11.4 Å². The Morgan fingerprint density at radius 2 is 2.16 bits per heavy atom. The molecule has 0 bridgehead atoms. The molecule has 0 fully saturated rings. The third-order valence-corrected chi connectivity index (χ3v) is 2.84. The lowest BCUT2D eigenvalue weighted by Gasteiger charge is -2.19. The maximum Gasteiger partial charge on any atom is 0.341 e. The van der Waals surface area contributed by atoms with Crippen LogP contribution in [0.1, 0.15) is 17.3 Å². The molecule has 0 aliphatic rings. The maximum absolute atomic E-state index is 12.0. The van der Waals surface area contributed by atoms with E-state index < -0.39 is 0 Å². The highest BCUT2D eigenvalue weighted by Gasteiger charge is 2.18.